The van der Waals surface area contributed by atoms with Gasteiger partial charge >= 0.3 is 0 Å². The number of nitrogens with two attached hydrogens (primary N) is 1. The van der Waals surface area contributed by atoms with Crippen LogP contribution in [0.5, 0.6) is 0 Å². The second-order valence-electron chi connectivity index (χ2n) is 4.64. The molecule has 0 aromatic carbocycles. The molecule has 0 aliphatic heterocycles. The lowest BCUT2D eigenvalue weighted by Gasteiger charge is -2.17. The van der Waals surface area contributed by atoms with Crippen molar-refractivity contribution in [3.63, 3.8) is 0 Å². The number of aliphatic imine (C=N–C) groups is 1. The van der Waals surface area contributed by atoms with Crippen molar-refractivity contribution in [2.24, 2.45) is 16.1 Å². The Kier molecular flexibility index (Phi) is 3.88. The van der Waals surface area contributed by atoms with E-state index in [4.69, 9.17) is 5.73 Å². The topological polar surface area (TPSA) is 56.2 Å². The van der Waals surface area contributed by atoms with Gasteiger partial charge in [0.25, 0.3) is 0 Å². The molecule has 0 radical (unpaired) electrons. The SMILES string of the molecule is CC(C)(C)C(N)=NCCCn1cccn1. The van der Waals surface area contributed by atoms with Crippen molar-refractivity contribution >= 4 is 5.84 Å². The van der Waals surface area contributed by atoms with Crippen molar-refractivity contribution in [1.82, 2.24) is 9.78 Å². The van der Waals surface area contributed by atoms with Crippen LogP contribution in [0, 0.1) is 5.41 Å². The van der Waals surface area contributed by atoms with E-state index in [0.29, 0.717) is 0 Å². The maximum absolute atomic E-state index is 5.84. The van der Waals surface area contributed by atoms with Crippen LogP contribution < -0.4 is 5.73 Å². The predicted molar refractivity (Wildman–Crippen MR) is 62.8 cm³/mol. The standard InChI is InChI=1S/C11H20N4/c1-11(2,3)10(12)13-6-4-8-15-9-5-7-14-15/h5,7,9H,4,6,8H2,1-3H3,(H2,12,13). The molecule has 2 N–H and O–H groups in total. The molecular formula is C11H20N4. The van der Waals surface area contributed by atoms with Crippen molar-refractivity contribution in [3.05, 3.63) is 18.5 Å². The summed E-state index contributed by atoms with van der Waals surface area (Å²) in [6.07, 6.45) is 4.71. The molecule has 0 amide bonds. The second kappa shape index (κ2) is 4.96. The number of aryl methyl sites for hydroxylation is 1. The molecule has 0 aliphatic carbocycles. The van der Waals surface area contributed by atoms with Crippen molar-refractivity contribution in [3.8, 4) is 0 Å². The van der Waals surface area contributed by atoms with Gasteiger partial charge < -0.3 is 5.73 Å². The molecule has 0 unspecified atom stereocenters. The molecule has 0 aliphatic rings. The van der Waals surface area contributed by atoms with Crippen molar-refractivity contribution in [1.29, 1.82) is 0 Å². The van der Waals surface area contributed by atoms with Gasteiger partial charge in [0.15, 0.2) is 0 Å². The van der Waals surface area contributed by atoms with E-state index in [9.17, 15) is 0 Å². The minimum Gasteiger partial charge on any atom is -0.387 e. The lowest BCUT2D eigenvalue weighted by molar-refractivity contribution is 0.565. The zero-order valence-electron chi connectivity index (χ0n) is 9.77. The van der Waals surface area contributed by atoms with Gasteiger partial charge in [0, 0.05) is 30.9 Å². The summed E-state index contributed by atoms with van der Waals surface area (Å²) in [6.45, 7) is 7.87. The van der Waals surface area contributed by atoms with Crippen molar-refractivity contribution < 1.29 is 0 Å². The van der Waals surface area contributed by atoms with E-state index in [2.05, 4.69) is 30.9 Å². The van der Waals surface area contributed by atoms with E-state index in [-0.39, 0.29) is 5.41 Å². The van der Waals surface area contributed by atoms with Crippen molar-refractivity contribution in [2.45, 2.75) is 33.7 Å². The Hall–Kier alpha value is -1.32. The average Bonchev–Trinajstić information content (AvgIpc) is 2.63. The number of aromatic nitrogens is 2. The summed E-state index contributed by atoms with van der Waals surface area (Å²) in [5.74, 6) is 0.725. The van der Waals surface area contributed by atoms with Gasteiger partial charge in [0.1, 0.15) is 0 Å². The zero-order valence-corrected chi connectivity index (χ0v) is 9.77. The van der Waals surface area contributed by atoms with Crippen LogP contribution in [0.2, 0.25) is 0 Å². The number of hydrogen-bond donors (Lipinski definition) is 1. The monoisotopic (exact) mass is 208 g/mol. The van der Waals surface area contributed by atoms with E-state index < -0.39 is 0 Å². The van der Waals surface area contributed by atoms with Crippen LogP contribution in [0.1, 0.15) is 27.2 Å². The molecule has 0 bridgehead atoms. The Balaban J connectivity index is 2.27. The highest BCUT2D eigenvalue weighted by atomic mass is 15.3. The molecule has 0 atom stereocenters. The fourth-order valence-corrected chi connectivity index (χ4v) is 1.10. The Labute approximate surface area is 91.2 Å². The molecule has 0 saturated carbocycles. The van der Waals surface area contributed by atoms with Gasteiger partial charge in [-0.25, -0.2) is 0 Å². The number of rotatable bonds is 4. The number of hydrogen-bond acceptors (Lipinski definition) is 2. The van der Waals surface area contributed by atoms with Crippen LogP contribution >= 0.6 is 0 Å². The summed E-state index contributed by atoms with van der Waals surface area (Å²) in [4.78, 5) is 4.35. The summed E-state index contributed by atoms with van der Waals surface area (Å²) in [6, 6.07) is 1.92. The Morgan fingerprint density at radius 1 is 1.47 bits per heavy atom. The van der Waals surface area contributed by atoms with E-state index in [0.717, 1.165) is 25.3 Å². The molecule has 1 heterocycles. The van der Waals surface area contributed by atoms with Crippen LogP contribution in [0.25, 0.3) is 0 Å². The lowest BCUT2D eigenvalue weighted by Crippen LogP contribution is -2.29. The summed E-state index contributed by atoms with van der Waals surface area (Å²) in [5, 5.41) is 4.12. The van der Waals surface area contributed by atoms with Gasteiger partial charge in [-0.2, -0.15) is 5.10 Å². The van der Waals surface area contributed by atoms with Gasteiger partial charge in [0.05, 0.1) is 5.84 Å². The fraction of sp³-hybridized carbons (Fsp3) is 0.636. The summed E-state index contributed by atoms with van der Waals surface area (Å²) in [7, 11) is 0. The van der Waals surface area contributed by atoms with Crippen LogP contribution in [0.3, 0.4) is 0 Å². The highest BCUT2D eigenvalue weighted by Crippen LogP contribution is 2.12. The van der Waals surface area contributed by atoms with Gasteiger partial charge in [-0.1, -0.05) is 20.8 Å². The van der Waals surface area contributed by atoms with Crippen LogP contribution in [0.4, 0.5) is 0 Å². The van der Waals surface area contributed by atoms with E-state index >= 15 is 0 Å². The largest absolute Gasteiger partial charge is 0.387 e. The quantitative estimate of drug-likeness (QED) is 0.465. The van der Waals surface area contributed by atoms with Crippen LogP contribution in [-0.4, -0.2) is 22.2 Å². The van der Waals surface area contributed by atoms with E-state index in [1.165, 1.54) is 0 Å². The third-order valence-electron chi connectivity index (χ3n) is 2.16. The van der Waals surface area contributed by atoms with Crippen LogP contribution in [0.15, 0.2) is 23.5 Å². The zero-order chi connectivity index (χ0) is 11.3. The summed E-state index contributed by atoms with van der Waals surface area (Å²) < 4.78 is 1.91. The molecule has 0 fully saturated rings. The van der Waals surface area contributed by atoms with Gasteiger partial charge in [-0.15, -0.1) is 0 Å². The fourth-order valence-electron chi connectivity index (χ4n) is 1.10. The number of nitrogens with zero attached hydrogens (tertiary/aromatic N) is 3. The maximum Gasteiger partial charge on any atom is 0.0991 e. The van der Waals surface area contributed by atoms with Gasteiger partial charge in [-0.05, 0) is 12.5 Å². The van der Waals surface area contributed by atoms with Gasteiger partial charge in [-0.3, -0.25) is 9.67 Å². The first-order valence-corrected chi connectivity index (χ1v) is 5.28. The smallest absolute Gasteiger partial charge is 0.0991 e. The Morgan fingerprint density at radius 3 is 2.73 bits per heavy atom. The maximum atomic E-state index is 5.84. The van der Waals surface area contributed by atoms with Gasteiger partial charge in [0.2, 0.25) is 0 Å². The average molecular weight is 208 g/mol. The predicted octanol–water partition coefficient (Wildman–Crippen LogP) is 1.68. The highest BCUT2D eigenvalue weighted by Gasteiger charge is 2.14. The van der Waals surface area contributed by atoms with E-state index in [1.807, 2.05) is 16.9 Å². The third kappa shape index (κ3) is 4.14. The third-order valence-corrected chi connectivity index (χ3v) is 2.16. The highest BCUT2D eigenvalue weighted by molar-refractivity contribution is 5.85. The molecule has 15 heavy (non-hydrogen) atoms. The number of amidine groups is 1. The molecule has 4 heteroatoms. The Bertz CT molecular complexity index is 306. The molecular weight excluding hydrogens is 188 g/mol. The second-order valence-corrected chi connectivity index (χ2v) is 4.64. The first-order valence-electron chi connectivity index (χ1n) is 5.28. The molecule has 1 aromatic rings. The lowest BCUT2D eigenvalue weighted by atomic mass is 9.95. The molecule has 0 spiro atoms. The molecule has 1 aromatic heterocycles. The molecule has 4 nitrogen and oxygen atoms in total. The van der Waals surface area contributed by atoms with Crippen molar-refractivity contribution in [2.75, 3.05) is 6.54 Å². The molecule has 1 rings (SSSR count). The first-order chi connectivity index (χ1) is 7.00. The normalized spacial score (nSPS) is 13.1. The van der Waals surface area contributed by atoms with Crippen LogP contribution in [-0.2, 0) is 6.54 Å². The molecule has 0 saturated heterocycles. The molecule has 84 valence electrons. The Morgan fingerprint density at radius 2 is 2.20 bits per heavy atom. The summed E-state index contributed by atoms with van der Waals surface area (Å²) in [5.41, 5.74) is 5.82. The summed E-state index contributed by atoms with van der Waals surface area (Å²) >= 11 is 0. The van der Waals surface area contributed by atoms with E-state index in [1.54, 1.807) is 6.20 Å². The minimum atomic E-state index is -0.0221. The first kappa shape index (κ1) is 11.8. The minimum absolute atomic E-state index is 0.0221.